The van der Waals surface area contributed by atoms with Crippen LogP contribution >= 0.6 is 11.3 Å². The van der Waals surface area contributed by atoms with Crippen molar-refractivity contribution in [3.63, 3.8) is 0 Å². The van der Waals surface area contributed by atoms with E-state index in [1.807, 2.05) is 31.3 Å². The Morgan fingerprint density at radius 1 is 0.900 bits per heavy atom. The lowest BCUT2D eigenvalue weighted by molar-refractivity contribution is 0.0346. The van der Waals surface area contributed by atoms with Crippen LogP contribution in [0.15, 0.2) is 48.8 Å². The number of thiophene rings is 1. The van der Waals surface area contributed by atoms with Gasteiger partial charge >= 0.3 is 6.03 Å². The Bertz CT molecular complexity index is 1440. The fraction of sp³-hybridized carbons (Fsp3) is 0.370. The lowest BCUT2D eigenvalue weighted by atomic mass is 10.2. The van der Waals surface area contributed by atoms with Gasteiger partial charge in [0.15, 0.2) is 11.6 Å². The van der Waals surface area contributed by atoms with Crippen molar-refractivity contribution < 1.29 is 14.3 Å². The van der Waals surface area contributed by atoms with Gasteiger partial charge in [-0.25, -0.2) is 14.8 Å². The minimum Gasteiger partial charge on any atom is -0.379 e. The Morgan fingerprint density at radius 3 is 2.35 bits per heavy atom. The zero-order valence-corrected chi connectivity index (χ0v) is 23.1. The average Bonchev–Trinajstić information content (AvgIpc) is 3.63. The van der Waals surface area contributed by atoms with Gasteiger partial charge in [0.05, 0.1) is 31.3 Å². The maximum absolute atomic E-state index is 12.4. The molecule has 0 bridgehead atoms. The molecule has 2 saturated heterocycles. The number of aryl methyl sites for hydroxylation is 1. The van der Waals surface area contributed by atoms with Gasteiger partial charge in [-0.3, -0.25) is 10.2 Å². The third kappa shape index (κ3) is 6.28. The highest BCUT2D eigenvalue weighted by Gasteiger charge is 2.20. The highest BCUT2D eigenvalue weighted by atomic mass is 32.1. The Balaban J connectivity index is 1.23. The number of carbonyl (C=O) groups excluding carboxylic acids is 1. The van der Waals surface area contributed by atoms with Gasteiger partial charge in [-0.2, -0.15) is 9.97 Å². The number of imidazole rings is 1. The summed E-state index contributed by atoms with van der Waals surface area (Å²) in [6, 6.07) is 11.3. The molecule has 0 spiro atoms. The number of hydrogen-bond acceptors (Lipinski definition) is 10. The number of nitrogens with one attached hydrogen (secondary N) is 2. The first-order chi connectivity index (χ1) is 19.6. The van der Waals surface area contributed by atoms with Gasteiger partial charge in [0, 0.05) is 68.3 Å². The van der Waals surface area contributed by atoms with Crippen molar-refractivity contribution in [2.45, 2.75) is 6.54 Å². The molecular weight excluding hydrogens is 530 g/mol. The van der Waals surface area contributed by atoms with Crippen molar-refractivity contribution >= 4 is 35.0 Å². The Hall–Kier alpha value is -3.91. The maximum Gasteiger partial charge on any atom is 0.326 e. The third-order valence-corrected chi connectivity index (χ3v) is 7.80. The first-order valence-electron chi connectivity index (χ1n) is 13.2. The van der Waals surface area contributed by atoms with E-state index in [4.69, 9.17) is 24.4 Å². The molecule has 0 aliphatic carbocycles. The van der Waals surface area contributed by atoms with Crippen molar-refractivity contribution in [2.24, 2.45) is 7.05 Å². The minimum absolute atomic E-state index is 0.371. The summed E-state index contributed by atoms with van der Waals surface area (Å²) in [5.41, 5.74) is 1.47. The van der Waals surface area contributed by atoms with Crippen LogP contribution in [0.4, 0.5) is 22.4 Å². The van der Waals surface area contributed by atoms with Gasteiger partial charge in [-0.05, 0) is 36.4 Å². The number of carbonyl (C=O) groups is 1. The van der Waals surface area contributed by atoms with Crippen LogP contribution in [0.3, 0.4) is 0 Å². The summed E-state index contributed by atoms with van der Waals surface area (Å²) in [7, 11) is 1.81. The summed E-state index contributed by atoms with van der Waals surface area (Å²) >= 11 is 1.71. The van der Waals surface area contributed by atoms with Crippen LogP contribution in [-0.4, -0.2) is 88.0 Å². The zero-order valence-electron chi connectivity index (χ0n) is 22.2. The van der Waals surface area contributed by atoms with E-state index >= 15 is 0 Å². The normalized spacial score (nSPS) is 16.2. The fourth-order valence-corrected chi connectivity index (χ4v) is 5.51. The second-order valence-corrected chi connectivity index (χ2v) is 10.7. The van der Waals surface area contributed by atoms with Gasteiger partial charge in [-0.15, -0.1) is 11.3 Å². The highest BCUT2D eigenvalue weighted by molar-refractivity contribution is 7.15. The molecule has 208 valence electrons. The second-order valence-electron chi connectivity index (χ2n) is 9.55. The van der Waals surface area contributed by atoms with Crippen LogP contribution in [0, 0.1) is 0 Å². The molecule has 0 unspecified atom stereocenters. The number of nitrogens with zero attached hydrogens (tertiary/aromatic N) is 7. The largest absolute Gasteiger partial charge is 0.379 e. The van der Waals surface area contributed by atoms with Crippen LogP contribution in [0.5, 0.6) is 0 Å². The number of anilines is 3. The van der Waals surface area contributed by atoms with Crippen molar-refractivity contribution in [1.29, 1.82) is 0 Å². The van der Waals surface area contributed by atoms with Crippen molar-refractivity contribution in [3.05, 3.63) is 53.7 Å². The van der Waals surface area contributed by atoms with E-state index in [-0.39, 0.29) is 6.03 Å². The molecule has 40 heavy (non-hydrogen) atoms. The molecule has 12 nitrogen and oxygen atoms in total. The van der Waals surface area contributed by atoms with Crippen LogP contribution in [0.1, 0.15) is 4.88 Å². The molecule has 1 aromatic carbocycles. The van der Waals surface area contributed by atoms with Gasteiger partial charge in [0.25, 0.3) is 0 Å². The molecule has 4 aromatic rings. The number of urea groups is 1. The first kappa shape index (κ1) is 26.3. The van der Waals surface area contributed by atoms with E-state index < -0.39 is 0 Å². The van der Waals surface area contributed by atoms with Crippen LogP contribution in [0.2, 0.25) is 0 Å². The van der Waals surface area contributed by atoms with Crippen molar-refractivity contribution in [2.75, 3.05) is 68.1 Å². The van der Waals surface area contributed by atoms with E-state index in [0.29, 0.717) is 42.4 Å². The zero-order chi connectivity index (χ0) is 27.3. The van der Waals surface area contributed by atoms with Gasteiger partial charge < -0.3 is 24.3 Å². The average molecular weight is 562 g/mol. The fourth-order valence-electron chi connectivity index (χ4n) is 4.52. The van der Waals surface area contributed by atoms with Crippen LogP contribution in [-0.2, 0) is 23.1 Å². The van der Waals surface area contributed by atoms with Crippen molar-refractivity contribution in [3.8, 4) is 22.1 Å². The Labute approximate surface area is 236 Å². The number of rotatable bonds is 7. The SMILES string of the molecule is Cn1ccnc1NC(=O)Nc1ccc(-c2nc(-c3ccc(CN4CCOCC4)s3)nc(N3CCOCC3)n2)cc1. The number of amides is 2. The van der Waals surface area contributed by atoms with E-state index in [1.54, 1.807) is 28.3 Å². The molecule has 13 heteroatoms. The molecule has 2 aliphatic heterocycles. The second kappa shape index (κ2) is 12.1. The number of benzene rings is 1. The summed E-state index contributed by atoms with van der Waals surface area (Å²) in [4.78, 5) is 37.9. The Morgan fingerprint density at radius 2 is 1.62 bits per heavy atom. The molecular formula is C27H31N9O3S. The summed E-state index contributed by atoms with van der Waals surface area (Å²) in [6.07, 6.45) is 3.39. The van der Waals surface area contributed by atoms with E-state index in [0.717, 1.165) is 56.4 Å². The van der Waals surface area contributed by atoms with E-state index in [1.165, 1.54) is 4.88 Å². The topological polar surface area (TPSA) is 123 Å². The molecule has 2 aliphatic rings. The summed E-state index contributed by atoms with van der Waals surface area (Å²) in [5.74, 6) is 2.34. The lowest BCUT2D eigenvalue weighted by Gasteiger charge is -2.27. The summed E-state index contributed by atoms with van der Waals surface area (Å²) in [5, 5.41) is 5.56. The molecule has 0 radical (unpaired) electrons. The molecule has 0 saturated carbocycles. The molecule has 2 amide bonds. The first-order valence-corrected chi connectivity index (χ1v) is 14.1. The number of morpholine rings is 2. The molecule has 6 rings (SSSR count). The number of ether oxygens (including phenoxy) is 2. The van der Waals surface area contributed by atoms with Gasteiger partial charge in [-0.1, -0.05) is 0 Å². The van der Waals surface area contributed by atoms with E-state index in [2.05, 4.69) is 37.6 Å². The molecule has 5 heterocycles. The molecule has 2 N–H and O–H groups in total. The van der Waals surface area contributed by atoms with Crippen LogP contribution < -0.4 is 15.5 Å². The number of hydrogen-bond donors (Lipinski definition) is 2. The highest BCUT2D eigenvalue weighted by Crippen LogP contribution is 2.30. The van der Waals surface area contributed by atoms with E-state index in [9.17, 15) is 4.79 Å². The standard InChI is InChI=1S/C27H31N9O3S/c1-34-9-8-28-25(34)33-27(37)29-20-4-2-19(3-5-20)23-30-24(32-26(31-23)36-12-16-39-17-13-36)22-7-6-21(40-22)18-35-10-14-38-15-11-35/h2-9H,10-18H2,1H3,(H2,28,29,33,37). The monoisotopic (exact) mass is 561 g/mol. The van der Waals surface area contributed by atoms with Gasteiger partial charge in [0.2, 0.25) is 11.9 Å². The number of aromatic nitrogens is 5. The smallest absolute Gasteiger partial charge is 0.326 e. The minimum atomic E-state index is -0.371. The van der Waals surface area contributed by atoms with Crippen LogP contribution in [0.25, 0.3) is 22.1 Å². The quantitative estimate of drug-likeness (QED) is 0.350. The summed E-state index contributed by atoms with van der Waals surface area (Å²) in [6.45, 7) is 7.07. The maximum atomic E-state index is 12.4. The van der Waals surface area contributed by atoms with Crippen molar-refractivity contribution in [1.82, 2.24) is 29.4 Å². The predicted octanol–water partition coefficient (Wildman–Crippen LogP) is 3.31. The third-order valence-electron chi connectivity index (χ3n) is 6.73. The predicted molar refractivity (Wildman–Crippen MR) is 154 cm³/mol. The van der Waals surface area contributed by atoms with Gasteiger partial charge in [0.1, 0.15) is 0 Å². The molecule has 3 aromatic heterocycles. The lowest BCUT2D eigenvalue weighted by Crippen LogP contribution is -2.37. The Kier molecular flexibility index (Phi) is 7.95. The molecule has 0 atom stereocenters. The molecule has 2 fully saturated rings. The summed E-state index contributed by atoms with van der Waals surface area (Å²) < 4.78 is 12.8.